The van der Waals surface area contributed by atoms with Gasteiger partial charge >= 0.3 is 6.01 Å². The molecule has 0 bridgehead atoms. The van der Waals surface area contributed by atoms with Crippen LogP contribution in [0.2, 0.25) is 0 Å². The molecule has 0 unspecified atom stereocenters. The van der Waals surface area contributed by atoms with Crippen molar-refractivity contribution in [2.45, 2.75) is 26.8 Å². The molecule has 0 fully saturated rings. The minimum atomic E-state index is 0.162. The number of hydrogen-bond donors (Lipinski definition) is 2. The first-order chi connectivity index (χ1) is 9.65. The lowest BCUT2D eigenvalue weighted by atomic mass is 10.2. The number of rotatable bonds is 6. The Bertz CT molecular complexity index is 586. The van der Waals surface area contributed by atoms with E-state index in [0.717, 1.165) is 11.3 Å². The maximum absolute atomic E-state index is 9.01. The number of aliphatic hydroxyl groups is 1. The SMILES string of the molecule is CCOc1ncc(C[n+]2csc(CCO)c2C)c(N)n1. The molecule has 2 heterocycles. The highest BCUT2D eigenvalue weighted by molar-refractivity contribution is 7.09. The summed E-state index contributed by atoms with van der Waals surface area (Å²) in [6.07, 6.45) is 2.38. The maximum atomic E-state index is 9.01. The van der Waals surface area contributed by atoms with Gasteiger partial charge in [-0.3, -0.25) is 0 Å². The molecule has 7 heteroatoms. The summed E-state index contributed by atoms with van der Waals surface area (Å²) in [6, 6.07) is 0.307. The van der Waals surface area contributed by atoms with E-state index < -0.39 is 0 Å². The van der Waals surface area contributed by atoms with Crippen LogP contribution in [-0.4, -0.2) is 28.3 Å². The third-order valence-electron chi connectivity index (χ3n) is 2.99. The highest BCUT2D eigenvalue weighted by Gasteiger charge is 2.17. The van der Waals surface area contributed by atoms with Gasteiger partial charge in [-0.1, -0.05) is 11.3 Å². The number of aromatic nitrogens is 3. The fourth-order valence-corrected chi connectivity index (χ4v) is 2.84. The van der Waals surface area contributed by atoms with E-state index in [2.05, 4.69) is 14.5 Å². The monoisotopic (exact) mass is 295 g/mol. The Kier molecular flexibility index (Phi) is 4.86. The number of anilines is 1. The molecule has 0 aliphatic heterocycles. The predicted octanol–water partition coefficient (Wildman–Crippen LogP) is 0.698. The van der Waals surface area contributed by atoms with Gasteiger partial charge in [0.25, 0.3) is 0 Å². The first-order valence-electron chi connectivity index (χ1n) is 6.47. The largest absolute Gasteiger partial charge is 0.464 e. The Balaban J connectivity index is 2.17. The third kappa shape index (κ3) is 3.23. The van der Waals surface area contributed by atoms with E-state index in [4.69, 9.17) is 15.6 Å². The highest BCUT2D eigenvalue weighted by Crippen LogP contribution is 2.15. The standard InChI is InChI=1S/C13H19N4O2S/c1-3-19-13-15-6-10(12(14)16-13)7-17-8-20-11(4-5-18)9(17)2/h6,8,18H,3-5,7H2,1-2H3,(H2,14,15,16)/q+1. The molecule has 0 atom stereocenters. The lowest BCUT2D eigenvalue weighted by Gasteiger charge is -2.04. The van der Waals surface area contributed by atoms with Gasteiger partial charge in [0.2, 0.25) is 5.51 Å². The van der Waals surface area contributed by atoms with Crippen molar-refractivity contribution in [2.75, 3.05) is 18.9 Å². The Hall–Kier alpha value is -1.73. The van der Waals surface area contributed by atoms with Gasteiger partial charge in [0, 0.05) is 26.1 Å². The molecule has 0 aliphatic rings. The van der Waals surface area contributed by atoms with Crippen molar-refractivity contribution in [3.63, 3.8) is 0 Å². The summed E-state index contributed by atoms with van der Waals surface area (Å²) < 4.78 is 7.31. The first-order valence-corrected chi connectivity index (χ1v) is 7.35. The smallest absolute Gasteiger partial charge is 0.318 e. The number of aliphatic hydroxyl groups excluding tert-OH is 1. The van der Waals surface area contributed by atoms with Crippen molar-refractivity contribution in [2.24, 2.45) is 0 Å². The molecule has 0 aliphatic carbocycles. The zero-order valence-corrected chi connectivity index (χ0v) is 12.5. The van der Waals surface area contributed by atoms with Crippen LogP contribution in [0.15, 0.2) is 11.7 Å². The minimum Gasteiger partial charge on any atom is -0.464 e. The fourth-order valence-electron chi connectivity index (χ4n) is 1.86. The molecular formula is C13H19N4O2S+. The van der Waals surface area contributed by atoms with E-state index in [1.807, 2.05) is 19.4 Å². The average molecular weight is 295 g/mol. The molecule has 0 saturated carbocycles. The second kappa shape index (κ2) is 6.62. The molecular weight excluding hydrogens is 276 g/mol. The highest BCUT2D eigenvalue weighted by atomic mass is 32.1. The zero-order chi connectivity index (χ0) is 14.5. The maximum Gasteiger partial charge on any atom is 0.318 e. The second-order valence-electron chi connectivity index (χ2n) is 4.33. The number of nitrogens with zero attached hydrogens (tertiary/aromatic N) is 3. The van der Waals surface area contributed by atoms with Crippen molar-refractivity contribution in [1.29, 1.82) is 0 Å². The quantitative estimate of drug-likeness (QED) is 0.766. The van der Waals surface area contributed by atoms with Gasteiger partial charge in [-0.15, -0.1) is 0 Å². The molecule has 2 aromatic rings. The van der Waals surface area contributed by atoms with E-state index in [0.29, 0.717) is 31.4 Å². The number of nitrogen functional groups attached to an aromatic ring is 1. The van der Waals surface area contributed by atoms with Crippen LogP contribution in [0.4, 0.5) is 5.82 Å². The fraction of sp³-hybridized carbons (Fsp3) is 0.462. The molecule has 3 N–H and O–H groups in total. The Labute approximate surface area is 121 Å². The summed E-state index contributed by atoms with van der Waals surface area (Å²) >= 11 is 1.63. The summed E-state index contributed by atoms with van der Waals surface area (Å²) in [5, 5.41) is 9.01. The summed E-state index contributed by atoms with van der Waals surface area (Å²) in [7, 11) is 0. The molecule has 0 aromatic carbocycles. The molecule has 0 amide bonds. The van der Waals surface area contributed by atoms with Crippen LogP contribution in [0.5, 0.6) is 6.01 Å². The third-order valence-corrected chi connectivity index (χ3v) is 4.13. The number of ether oxygens (including phenoxy) is 1. The number of hydrogen-bond acceptors (Lipinski definition) is 6. The van der Waals surface area contributed by atoms with E-state index in [1.165, 1.54) is 4.88 Å². The van der Waals surface area contributed by atoms with Crippen LogP contribution >= 0.6 is 11.3 Å². The van der Waals surface area contributed by atoms with Gasteiger partial charge in [-0.25, -0.2) is 4.98 Å². The number of nitrogens with two attached hydrogens (primary N) is 1. The van der Waals surface area contributed by atoms with Crippen molar-refractivity contribution in [3.05, 3.63) is 27.8 Å². The molecule has 6 nitrogen and oxygen atoms in total. The van der Waals surface area contributed by atoms with E-state index >= 15 is 0 Å². The van der Waals surface area contributed by atoms with Gasteiger partial charge in [-0.2, -0.15) is 9.55 Å². The number of thiazole rings is 1. The Morgan fingerprint density at radius 1 is 1.50 bits per heavy atom. The second-order valence-corrected chi connectivity index (χ2v) is 5.27. The van der Waals surface area contributed by atoms with Crippen molar-refractivity contribution in [1.82, 2.24) is 9.97 Å². The molecule has 20 heavy (non-hydrogen) atoms. The van der Waals surface area contributed by atoms with Gasteiger partial charge in [0.1, 0.15) is 5.82 Å². The van der Waals surface area contributed by atoms with Gasteiger partial charge < -0.3 is 15.6 Å². The predicted molar refractivity (Wildman–Crippen MR) is 76.8 cm³/mol. The molecule has 0 saturated heterocycles. The molecule has 0 radical (unpaired) electrons. The lowest BCUT2D eigenvalue weighted by Crippen LogP contribution is -2.35. The van der Waals surface area contributed by atoms with Crippen LogP contribution in [0.1, 0.15) is 23.1 Å². The first kappa shape index (κ1) is 14.7. The topological polar surface area (TPSA) is 85.1 Å². The van der Waals surface area contributed by atoms with Gasteiger partial charge in [0.15, 0.2) is 12.2 Å². The minimum absolute atomic E-state index is 0.162. The summed E-state index contributed by atoms with van der Waals surface area (Å²) in [4.78, 5) is 9.44. The average Bonchev–Trinajstić information content (AvgIpc) is 2.76. The normalized spacial score (nSPS) is 10.8. The van der Waals surface area contributed by atoms with E-state index in [9.17, 15) is 0 Å². The van der Waals surface area contributed by atoms with Crippen LogP contribution in [0.3, 0.4) is 0 Å². The van der Waals surface area contributed by atoms with Crippen LogP contribution < -0.4 is 15.0 Å². The summed E-state index contributed by atoms with van der Waals surface area (Å²) in [5.74, 6) is 0.435. The van der Waals surface area contributed by atoms with E-state index in [1.54, 1.807) is 17.5 Å². The van der Waals surface area contributed by atoms with Crippen molar-refractivity contribution >= 4 is 17.2 Å². The summed E-state index contributed by atoms with van der Waals surface area (Å²) in [5.41, 5.74) is 9.95. The molecule has 0 spiro atoms. The van der Waals surface area contributed by atoms with Gasteiger partial charge in [0.05, 0.1) is 17.0 Å². The Morgan fingerprint density at radius 2 is 2.30 bits per heavy atom. The molecule has 2 aromatic heterocycles. The van der Waals surface area contributed by atoms with E-state index in [-0.39, 0.29) is 6.61 Å². The van der Waals surface area contributed by atoms with Crippen LogP contribution in [0, 0.1) is 6.92 Å². The zero-order valence-electron chi connectivity index (χ0n) is 11.7. The van der Waals surface area contributed by atoms with Gasteiger partial charge in [-0.05, 0) is 6.92 Å². The molecule has 2 rings (SSSR count). The van der Waals surface area contributed by atoms with Crippen molar-refractivity contribution in [3.8, 4) is 6.01 Å². The summed E-state index contributed by atoms with van der Waals surface area (Å²) in [6.45, 7) is 5.21. The van der Waals surface area contributed by atoms with Crippen LogP contribution in [-0.2, 0) is 13.0 Å². The van der Waals surface area contributed by atoms with Crippen LogP contribution in [0.25, 0.3) is 0 Å². The molecule has 108 valence electrons. The Morgan fingerprint density at radius 3 is 2.95 bits per heavy atom. The van der Waals surface area contributed by atoms with Crippen molar-refractivity contribution < 1.29 is 14.4 Å². The lowest BCUT2D eigenvalue weighted by molar-refractivity contribution is -0.689.